The van der Waals surface area contributed by atoms with Crippen molar-refractivity contribution in [2.45, 2.75) is 13.0 Å². The van der Waals surface area contributed by atoms with Crippen molar-refractivity contribution >= 4 is 33.5 Å². The molecule has 0 radical (unpaired) electrons. The molecular weight excluding hydrogens is 390 g/mol. The van der Waals surface area contributed by atoms with Crippen LogP contribution in [0.5, 0.6) is 5.75 Å². The quantitative estimate of drug-likeness (QED) is 0.501. The molecule has 1 heterocycles. The number of hydrogen-bond donors (Lipinski definition) is 2. The maximum Gasteiger partial charge on any atom is 0.279 e. The summed E-state index contributed by atoms with van der Waals surface area (Å²) in [4.78, 5) is 12.5. The number of fused-ring (bicyclic) bond motifs is 3. The van der Waals surface area contributed by atoms with Crippen LogP contribution in [0.1, 0.15) is 18.5 Å². The number of ether oxygens (including phenoxy) is 1. The first-order valence-electron chi connectivity index (χ1n) is 9.53. The summed E-state index contributed by atoms with van der Waals surface area (Å²) >= 11 is 0. The lowest BCUT2D eigenvalue weighted by Gasteiger charge is -2.13. The van der Waals surface area contributed by atoms with Crippen LogP contribution in [0.4, 0.5) is 14.5 Å². The van der Waals surface area contributed by atoms with E-state index in [-0.39, 0.29) is 18.5 Å². The van der Waals surface area contributed by atoms with Gasteiger partial charge in [0.15, 0.2) is 6.54 Å². The molecule has 0 fully saturated rings. The average Bonchev–Trinajstić information content (AvgIpc) is 3.08. The Bertz CT molecular complexity index is 1240. The molecule has 3 N–H and O–H groups in total. The Balaban J connectivity index is 1.50. The number of anilines is 1. The number of carbonyl (C=O) groups excluding carboxylic acids is 1. The number of halogens is 2. The standard InChI is InChI=1S/C23H20F2N2O3/c1-13(15-8-7-14(24)9-18(15)25)26-12-23(28)27-19-11-21-17(10-22(19)29-2)16-5-3-4-6-20(16)30-21/h3-11,13,26H,12H2,1-2H3,(H,27,28)/p+1/t13-/m0/s1. The SMILES string of the molecule is COc1cc2c(cc1NC(=O)C[NH2+][C@@H](C)c1ccc(F)cc1F)oc1ccccc12. The maximum absolute atomic E-state index is 13.9. The van der Waals surface area contributed by atoms with Gasteiger partial charge in [-0.15, -0.1) is 0 Å². The molecule has 0 aliphatic carbocycles. The van der Waals surface area contributed by atoms with Crippen molar-refractivity contribution in [2.24, 2.45) is 0 Å². The van der Waals surface area contributed by atoms with Gasteiger partial charge in [-0.1, -0.05) is 18.2 Å². The lowest BCUT2D eigenvalue weighted by molar-refractivity contribution is -0.682. The fourth-order valence-corrected chi connectivity index (χ4v) is 3.50. The summed E-state index contributed by atoms with van der Waals surface area (Å²) in [5, 5.41) is 6.36. The second-order valence-corrected chi connectivity index (χ2v) is 7.09. The van der Waals surface area contributed by atoms with Gasteiger partial charge in [-0.3, -0.25) is 4.79 Å². The molecule has 0 saturated heterocycles. The van der Waals surface area contributed by atoms with Crippen LogP contribution in [0, 0.1) is 11.6 Å². The molecule has 0 spiro atoms. The van der Waals surface area contributed by atoms with E-state index in [2.05, 4.69) is 5.32 Å². The number of quaternary nitrogens is 1. The van der Waals surface area contributed by atoms with Crippen LogP contribution < -0.4 is 15.4 Å². The zero-order valence-electron chi connectivity index (χ0n) is 16.5. The normalized spacial score (nSPS) is 12.3. The number of carbonyl (C=O) groups is 1. The molecular formula is C23H21F2N2O3+. The van der Waals surface area contributed by atoms with Crippen molar-refractivity contribution in [3.63, 3.8) is 0 Å². The van der Waals surface area contributed by atoms with E-state index in [1.807, 2.05) is 30.3 Å². The number of furan rings is 1. The molecule has 1 aromatic heterocycles. The molecule has 4 aromatic rings. The van der Waals surface area contributed by atoms with E-state index in [1.54, 1.807) is 18.3 Å². The van der Waals surface area contributed by atoms with Crippen molar-refractivity contribution < 1.29 is 28.0 Å². The summed E-state index contributed by atoms with van der Waals surface area (Å²) in [6, 6.07) is 14.3. The third-order valence-corrected chi connectivity index (χ3v) is 5.08. The van der Waals surface area contributed by atoms with Crippen LogP contribution in [0.25, 0.3) is 21.9 Å². The Labute approximate surface area is 171 Å². The summed E-state index contributed by atoms with van der Waals surface area (Å²) in [5.74, 6) is -1.02. The molecule has 0 unspecified atom stereocenters. The van der Waals surface area contributed by atoms with Gasteiger partial charge in [0.1, 0.15) is 34.6 Å². The Hall–Kier alpha value is -3.45. The van der Waals surface area contributed by atoms with Crippen molar-refractivity contribution in [2.75, 3.05) is 19.0 Å². The van der Waals surface area contributed by atoms with Gasteiger partial charge in [-0.2, -0.15) is 0 Å². The molecule has 4 rings (SSSR count). The third kappa shape index (κ3) is 3.84. The smallest absolute Gasteiger partial charge is 0.279 e. The number of methoxy groups -OCH3 is 1. The molecule has 7 heteroatoms. The van der Waals surface area contributed by atoms with Gasteiger partial charge in [-0.05, 0) is 31.2 Å². The molecule has 3 aromatic carbocycles. The van der Waals surface area contributed by atoms with Crippen molar-refractivity contribution in [1.29, 1.82) is 0 Å². The number of hydrogen-bond acceptors (Lipinski definition) is 3. The third-order valence-electron chi connectivity index (χ3n) is 5.08. The fraction of sp³-hybridized carbons (Fsp3) is 0.174. The van der Waals surface area contributed by atoms with Crippen LogP contribution in [0.2, 0.25) is 0 Å². The van der Waals surface area contributed by atoms with Crippen LogP contribution in [0.3, 0.4) is 0 Å². The number of nitrogens with one attached hydrogen (secondary N) is 1. The second-order valence-electron chi connectivity index (χ2n) is 7.09. The van der Waals surface area contributed by atoms with Crippen LogP contribution >= 0.6 is 0 Å². The van der Waals surface area contributed by atoms with Gasteiger partial charge in [0.05, 0.1) is 12.8 Å². The fourth-order valence-electron chi connectivity index (χ4n) is 3.50. The van der Waals surface area contributed by atoms with E-state index in [1.165, 1.54) is 19.2 Å². The van der Waals surface area contributed by atoms with E-state index in [0.29, 0.717) is 22.6 Å². The number of nitrogens with two attached hydrogens (primary N) is 1. The number of rotatable bonds is 6. The Kier molecular flexibility index (Phi) is 5.37. The molecule has 0 aliphatic rings. The average molecular weight is 411 g/mol. The molecule has 30 heavy (non-hydrogen) atoms. The van der Waals surface area contributed by atoms with E-state index >= 15 is 0 Å². The largest absolute Gasteiger partial charge is 0.495 e. The van der Waals surface area contributed by atoms with E-state index in [0.717, 1.165) is 22.4 Å². The minimum absolute atomic E-state index is 0.0549. The summed E-state index contributed by atoms with van der Waals surface area (Å²) in [7, 11) is 1.53. The number of para-hydroxylation sites is 1. The van der Waals surface area contributed by atoms with Gasteiger partial charge in [0.2, 0.25) is 0 Å². The second kappa shape index (κ2) is 8.12. The minimum Gasteiger partial charge on any atom is -0.495 e. The van der Waals surface area contributed by atoms with E-state index in [9.17, 15) is 13.6 Å². The van der Waals surface area contributed by atoms with Gasteiger partial charge in [-0.25, -0.2) is 8.78 Å². The Morgan fingerprint density at radius 1 is 1.10 bits per heavy atom. The minimum atomic E-state index is -0.630. The van der Waals surface area contributed by atoms with Crippen LogP contribution in [0.15, 0.2) is 59.0 Å². The van der Waals surface area contributed by atoms with E-state index in [4.69, 9.17) is 9.15 Å². The van der Waals surface area contributed by atoms with Crippen molar-refractivity contribution in [3.05, 3.63) is 71.8 Å². The van der Waals surface area contributed by atoms with Gasteiger partial charge < -0.3 is 19.8 Å². The highest BCUT2D eigenvalue weighted by Crippen LogP contribution is 2.36. The van der Waals surface area contributed by atoms with Crippen LogP contribution in [-0.4, -0.2) is 19.6 Å². The lowest BCUT2D eigenvalue weighted by Crippen LogP contribution is -2.86. The topological polar surface area (TPSA) is 68.1 Å². The summed E-state index contributed by atoms with van der Waals surface area (Å²) < 4.78 is 38.3. The number of amides is 1. The Morgan fingerprint density at radius 2 is 1.90 bits per heavy atom. The van der Waals surface area contributed by atoms with E-state index < -0.39 is 11.6 Å². The predicted molar refractivity (Wildman–Crippen MR) is 110 cm³/mol. The van der Waals surface area contributed by atoms with Gasteiger partial charge in [0.25, 0.3) is 5.91 Å². The van der Waals surface area contributed by atoms with Crippen molar-refractivity contribution in [1.82, 2.24) is 0 Å². The zero-order valence-corrected chi connectivity index (χ0v) is 16.5. The first kappa shape index (κ1) is 19.8. The summed E-state index contributed by atoms with van der Waals surface area (Å²) in [6.07, 6.45) is 0. The molecule has 1 atom stereocenters. The molecule has 1 amide bonds. The highest BCUT2D eigenvalue weighted by molar-refractivity contribution is 6.07. The highest BCUT2D eigenvalue weighted by Gasteiger charge is 2.18. The van der Waals surface area contributed by atoms with Crippen LogP contribution in [-0.2, 0) is 4.79 Å². The molecule has 5 nitrogen and oxygen atoms in total. The van der Waals surface area contributed by atoms with Crippen molar-refractivity contribution in [3.8, 4) is 5.75 Å². The summed E-state index contributed by atoms with van der Waals surface area (Å²) in [5.41, 5.74) is 2.22. The molecule has 0 bridgehead atoms. The first-order chi connectivity index (χ1) is 14.5. The predicted octanol–water partition coefficient (Wildman–Crippen LogP) is 4.14. The molecule has 0 saturated carbocycles. The van der Waals surface area contributed by atoms with Gasteiger partial charge in [0, 0.05) is 28.5 Å². The maximum atomic E-state index is 13.9. The summed E-state index contributed by atoms with van der Waals surface area (Å²) in [6.45, 7) is 1.81. The Morgan fingerprint density at radius 3 is 2.67 bits per heavy atom. The number of benzene rings is 3. The molecule has 0 aliphatic heterocycles. The highest BCUT2D eigenvalue weighted by atomic mass is 19.1. The molecule has 154 valence electrons. The zero-order chi connectivity index (χ0) is 21.3. The first-order valence-corrected chi connectivity index (χ1v) is 9.53. The lowest BCUT2D eigenvalue weighted by atomic mass is 10.1. The monoisotopic (exact) mass is 411 g/mol. The van der Waals surface area contributed by atoms with Gasteiger partial charge >= 0.3 is 0 Å².